The molecule has 3 heterocycles. The molecule has 30 heavy (non-hydrogen) atoms. The summed E-state index contributed by atoms with van der Waals surface area (Å²) in [7, 11) is 0. The van der Waals surface area contributed by atoms with Gasteiger partial charge in [-0.25, -0.2) is 0 Å². The second-order valence-corrected chi connectivity index (χ2v) is 9.93. The third kappa shape index (κ3) is 3.73. The molecule has 3 fully saturated rings. The van der Waals surface area contributed by atoms with Gasteiger partial charge in [-0.05, 0) is 55.9 Å². The summed E-state index contributed by atoms with van der Waals surface area (Å²) in [6, 6.07) is 5.87. The van der Waals surface area contributed by atoms with Gasteiger partial charge < -0.3 is 15.0 Å². The first-order chi connectivity index (χ1) is 14.6. The average Bonchev–Trinajstić information content (AvgIpc) is 3.33. The van der Waals surface area contributed by atoms with Gasteiger partial charge in [0.2, 0.25) is 5.91 Å². The molecule has 1 aromatic carbocycles. The maximum absolute atomic E-state index is 12.9. The van der Waals surface area contributed by atoms with Gasteiger partial charge in [0.1, 0.15) is 17.9 Å². The maximum Gasteiger partial charge on any atom is 0.255 e. The van der Waals surface area contributed by atoms with E-state index >= 15 is 0 Å². The van der Waals surface area contributed by atoms with E-state index in [0.29, 0.717) is 31.0 Å². The maximum atomic E-state index is 12.9. The number of fused-ring (bicyclic) bond motifs is 1. The van der Waals surface area contributed by atoms with Crippen LogP contribution in [0.15, 0.2) is 30.5 Å². The topological polar surface area (TPSA) is 61.9 Å². The van der Waals surface area contributed by atoms with E-state index in [0.717, 1.165) is 36.5 Å². The fourth-order valence-electron chi connectivity index (χ4n) is 5.25. The van der Waals surface area contributed by atoms with E-state index in [9.17, 15) is 9.59 Å². The molecule has 1 aliphatic carbocycles. The quantitative estimate of drug-likeness (QED) is 0.801. The first-order valence-corrected chi connectivity index (χ1v) is 12.2. The van der Waals surface area contributed by atoms with Crippen molar-refractivity contribution < 1.29 is 14.3 Å². The van der Waals surface area contributed by atoms with Gasteiger partial charge in [0.05, 0.1) is 0 Å². The molecule has 2 saturated heterocycles. The summed E-state index contributed by atoms with van der Waals surface area (Å²) >= 11 is 2.04. The zero-order valence-electron chi connectivity index (χ0n) is 17.3. The molecule has 7 heteroatoms. The summed E-state index contributed by atoms with van der Waals surface area (Å²) in [5, 5.41) is 2.79. The minimum atomic E-state index is -0.420. The second-order valence-electron chi connectivity index (χ2n) is 8.70. The molecule has 6 nitrogen and oxygen atoms in total. The van der Waals surface area contributed by atoms with Crippen LogP contribution in [0.25, 0.3) is 0 Å². The van der Waals surface area contributed by atoms with Crippen molar-refractivity contribution in [2.45, 2.75) is 56.8 Å². The number of rotatable bonds is 4. The van der Waals surface area contributed by atoms with Gasteiger partial charge in [0.25, 0.3) is 5.91 Å². The minimum absolute atomic E-state index is 0.0613. The summed E-state index contributed by atoms with van der Waals surface area (Å²) in [6.45, 7) is 6.60. The molecule has 3 atom stereocenters. The average molecular weight is 428 g/mol. The monoisotopic (exact) mass is 427 g/mol. The number of carbonyl (C=O) groups is 2. The van der Waals surface area contributed by atoms with Crippen LogP contribution in [0.4, 0.5) is 0 Å². The molecule has 0 aromatic heterocycles. The molecule has 2 amide bonds. The Balaban J connectivity index is 1.28. The van der Waals surface area contributed by atoms with Crippen molar-refractivity contribution in [1.29, 1.82) is 0 Å². The van der Waals surface area contributed by atoms with E-state index in [1.807, 2.05) is 30.0 Å². The van der Waals surface area contributed by atoms with Crippen LogP contribution in [0, 0.1) is 0 Å². The molecule has 1 unspecified atom stereocenters. The van der Waals surface area contributed by atoms with Crippen molar-refractivity contribution in [1.82, 2.24) is 15.1 Å². The molecule has 1 N–H and O–H groups in total. The van der Waals surface area contributed by atoms with Crippen LogP contribution in [0.5, 0.6) is 5.75 Å². The zero-order valence-corrected chi connectivity index (χ0v) is 18.1. The number of carbonyl (C=O) groups excluding carboxylic acids is 2. The molecule has 0 bridgehead atoms. The van der Waals surface area contributed by atoms with Crippen LogP contribution in [-0.2, 0) is 11.3 Å². The molecular weight excluding hydrogens is 398 g/mol. The number of nitrogens with zero attached hydrogens (tertiary/aromatic N) is 2. The van der Waals surface area contributed by atoms with Gasteiger partial charge in [0.15, 0.2) is 0 Å². The number of thioether (sulfide) groups is 1. The van der Waals surface area contributed by atoms with Crippen LogP contribution in [0.2, 0.25) is 0 Å². The number of benzene rings is 1. The molecule has 1 aromatic rings. The molecule has 4 aliphatic rings. The molecule has 160 valence electrons. The SMILES string of the molecule is C=C1CCC(N2Cc3cc(O[C@@H]4CCC[C@@H]4N4CCSCC4)ccc3C2=O)C(=O)N1. The lowest BCUT2D eigenvalue weighted by Crippen LogP contribution is -2.49. The molecule has 0 radical (unpaired) electrons. The Bertz CT molecular complexity index is 867. The van der Waals surface area contributed by atoms with Gasteiger partial charge in [-0.3, -0.25) is 14.5 Å². The van der Waals surface area contributed by atoms with Crippen molar-refractivity contribution in [2.24, 2.45) is 0 Å². The highest BCUT2D eigenvalue weighted by atomic mass is 32.2. The second kappa shape index (κ2) is 8.27. The van der Waals surface area contributed by atoms with Crippen LogP contribution >= 0.6 is 11.8 Å². The fraction of sp³-hybridized carbons (Fsp3) is 0.565. The predicted molar refractivity (Wildman–Crippen MR) is 118 cm³/mol. The van der Waals surface area contributed by atoms with Gasteiger partial charge >= 0.3 is 0 Å². The van der Waals surface area contributed by atoms with E-state index < -0.39 is 6.04 Å². The van der Waals surface area contributed by atoms with Crippen molar-refractivity contribution in [3.63, 3.8) is 0 Å². The third-order valence-electron chi connectivity index (χ3n) is 6.83. The van der Waals surface area contributed by atoms with E-state index in [1.165, 1.54) is 24.3 Å². The van der Waals surface area contributed by atoms with E-state index in [2.05, 4.69) is 16.8 Å². The largest absolute Gasteiger partial charge is 0.489 e. The van der Waals surface area contributed by atoms with Crippen LogP contribution < -0.4 is 10.1 Å². The first kappa shape index (κ1) is 19.9. The highest BCUT2D eigenvalue weighted by Gasteiger charge is 2.39. The van der Waals surface area contributed by atoms with E-state index in [1.54, 1.807) is 4.90 Å². The van der Waals surface area contributed by atoms with Crippen molar-refractivity contribution in [2.75, 3.05) is 24.6 Å². The lowest BCUT2D eigenvalue weighted by Gasteiger charge is -2.35. The standard InChI is InChI=1S/C23H29N3O3S/c1-15-5-8-20(22(27)24-15)26-14-16-13-17(6-7-18(16)23(26)28)29-21-4-2-3-19(21)25-9-11-30-12-10-25/h6-7,13,19-21H,1-5,8-12,14H2,(H,24,27)/t19-,20?,21+/m0/s1. The number of ether oxygens (including phenoxy) is 1. The summed E-state index contributed by atoms with van der Waals surface area (Å²) < 4.78 is 6.45. The normalized spacial score (nSPS) is 29.8. The lowest BCUT2D eigenvalue weighted by molar-refractivity contribution is -0.126. The molecule has 3 aliphatic heterocycles. The number of nitrogens with one attached hydrogen (secondary N) is 1. The van der Waals surface area contributed by atoms with Gasteiger partial charge in [0, 0.05) is 48.4 Å². The van der Waals surface area contributed by atoms with Crippen LogP contribution in [0.3, 0.4) is 0 Å². The van der Waals surface area contributed by atoms with Crippen LogP contribution in [-0.4, -0.2) is 64.4 Å². The van der Waals surface area contributed by atoms with E-state index in [4.69, 9.17) is 4.74 Å². The zero-order chi connectivity index (χ0) is 20.7. The Hall–Kier alpha value is -1.99. The Kier molecular flexibility index (Phi) is 5.50. The Morgan fingerprint density at radius 2 is 1.97 bits per heavy atom. The van der Waals surface area contributed by atoms with Gasteiger partial charge in [-0.15, -0.1) is 0 Å². The molecule has 5 rings (SSSR count). The highest BCUT2D eigenvalue weighted by molar-refractivity contribution is 7.99. The summed E-state index contributed by atoms with van der Waals surface area (Å²) in [6.07, 6.45) is 5.05. The molecule has 0 spiro atoms. The summed E-state index contributed by atoms with van der Waals surface area (Å²) in [5.41, 5.74) is 2.38. The number of amides is 2. The highest BCUT2D eigenvalue weighted by Crippen LogP contribution is 2.34. The smallest absolute Gasteiger partial charge is 0.255 e. The Morgan fingerprint density at radius 1 is 1.13 bits per heavy atom. The minimum Gasteiger partial charge on any atom is -0.489 e. The third-order valence-corrected chi connectivity index (χ3v) is 7.77. The van der Waals surface area contributed by atoms with Gasteiger partial charge in [-0.1, -0.05) is 6.58 Å². The first-order valence-electron chi connectivity index (χ1n) is 11.0. The Morgan fingerprint density at radius 3 is 2.77 bits per heavy atom. The lowest BCUT2D eigenvalue weighted by atomic mass is 10.0. The number of allylic oxidation sites excluding steroid dienone is 1. The molecule has 1 saturated carbocycles. The number of hydrogen-bond donors (Lipinski definition) is 1. The van der Waals surface area contributed by atoms with Gasteiger partial charge in [-0.2, -0.15) is 11.8 Å². The van der Waals surface area contributed by atoms with Crippen molar-refractivity contribution >= 4 is 23.6 Å². The molecular formula is C23H29N3O3S. The van der Waals surface area contributed by atoms with E-state index in [-0.39, 0.29) is 17.9 Å². The predicted octanol–water partition coefficient (Wildman–Crippen LogP) is 2.78. The van der Waals surface area contributed by atoms with Crippen molar-refractivity contribution in [3.05, 3.63) is 41.6 Å². The van der Waals surface area contributed by atoms with Crippen LogP contribution in [0.1, 0.15) is 48.0 Å². The number of piperidine rings is 1. The number of hydrogen-bond acceptors (Lipinski definition) is 5. The Labute approximate surface area is 182 Å². The fourth-order valence-corrected chi connectivity index (χ4v) is 6.18. The summed E-state index contributed by atoms with van der Waals surface area (Å²) in [5.74, 6) is 3.07. The summed E-state index contributed by atoms with van der Waals surface area (Å²) in [4.78, 5) is 29.6. The van der Waals surface area contributed by atoms with Crippen molar-refractivity contribution in [3.8, 4) is 5.75 Å².